The van der Waals surface area contributed by atoms with E-state index in [-0.39, 0.29) is 5.75 Å². The van der Waals surface area contributed by atoms with Crippen LogP contribution in [0.25, 0.3) is 0 Å². The fraction of sp³-hybridized carbons (Fsp3) is 1.00. The Morgan fingerprint density at radius 2 is 1.90 bits per heavy atom. The van der Waals surface area contributed by atoms with Gasteiger partial charge in [-0.25, -0.2) is 0 Å². The average Bonchev–Trinajstić information content (AvgIpc) is 1.59. The summed E-state index contributed by atoms with van der Waals surface area (Å²) in [6.45, 7) is 0. The molecular weight excluding hydrogens is 235 g/mol. The van der Waals surface area contributed by atoms with Gasteiger partial charge in [0.15, 0.2) is 0 Å². The summed E-state index contributed by atoms with van der Waals surface area (Å²) in [5, 5.41) is 0. The lowest BCUT2D eigenvalue weighted by molar-refractivity contribution is 0.536. The van der Waals surface area contributed by atoms with E-state index in [0.717, 1.165) is 0 Å². The van der Waals surface area contributed by atoms with Crippen LogP contribution in [0, 0.1) is 0 Å². The van der Waals surface area contributed by atoms with Gasteiger partial charge in [0, 0.05) is 5.75 Å². The van der Waals surface area contributed by atoms with E-state index in [1.165, 1.54) is 0 Å². The van der Waals surface area contributed by atoms with Crippen LogP contribution in [0.5, 0.6) is 0 Å². The normalized spacial score (nSPS) is 15.2. The van der Waals surface area contributed by atoms with Crippen molar-refractivity contribution in [3.8, 4) is 0 Å². The fourth-order valence-corrected chi connectivity index (χ4v) is 2.81. The Bertz CT molecular complexity index is 125. The van der Waals surface area contributed by atoms with Crippen molar-refractivity contribution in [2.24, 2.45) is 0 Å². The Morgan fingerprint density at radius 3 is 2.20 bits per heavy atom. The highest BCUT2D eigenvalue weighted by Crippen LogP contribution is 2.26. The highest BCUT2D eigenvalue weighted by atomic mass is 35.8. The molecule has 0 saturated carbocycles. The minimum absolute atomic E-state index is 0.0842. The van der Waals surface area contributed by atoms with Crippen LogP contribution in [0.2, 0.25) is 6.04 Å². The zero-order valence-corrected chi connectivity index (χ0v) is 9.06. The van der Waals surface area contributed by atoms with E-state index in [4.69, 9.17) is 33.2 Å². The molecule has 0 rings (SSSR count). The third kappa shape index (κ3) is 9.20. The molecule has 0 fully saturated rings. The second-order valence-electron chi connectivity index (χ2n) is 1.73. The summed E-state index contributed by atoms with van der Waals surface area (Å²) in [5.41, 5.74) is 0. The van der Waals surface area contributed by atoms with Crippen molar-refractivity contribution in [1.29, 1.82) is 0 Å². The number of hydrogen-bond donors (Lipinski definition) is 0. The van der Waals surface area contributed by atoms with Gasteiger partial charge in [-0.3, -0.25) is 4.21 Å². The smallest absolute Gasteiger partial charge is 0.341 e. The SMILES string of the molecule is O=S([O-])CCC[Si](Cl)(Cl)Cl. The summed E-state index contributed by atoms with van der Waals surface area (Å²) in [5.74, 6) is 0.0842. The molecule has 0 aliphatic heterocycles. The molecule has 0 radical (unpaired) electrons. The average molecular weight is 241 g/mol. The van der Waals surface area contributed by atoms with Gasteiger partial charge in [0.25, 0.3) is 0 Å². The maximum absolute atomic E-state index is 9.97. The van der Waals surface area contributed by atoms with Crippen LogP contribution in [-0.4, -0.2) is 20.5 Å². The van der Waals surface area contributed by atoms with Gasteiger partial charge in [-0.15, -0.1) is 33.2 Å². The summed E-state index contributed by atoms with van der Waals surface area (Å²) in [4.78, 5) is 0. The van der Waals surface area contributed by atoms with Crippen molar-refractivity contribution >= 4 is 50.3 Å². The first-order valence-corrected chi connectivity index (χ1v) is 9.03. The Balaban J connectivity index is 3.29. The Labute approximate surface area is 77.3 Å². The molecule has 1 unspecified atom stereocenters. The second-order valence-corrected chi connectivity index (χ2v) is 12.0. The van der Waals surface area contributed by atoms with Crippen molar-refractivity contribution in [2.45, 2.75) is 12.5 Å². The monoisotopic (exact) mass is 239 g/mol. The molecule has 0 amide bonds. The zero-order chi connectivity index (χ0) is 8.20. The highest BCUT2D eigenvalue weighted by Gasteiger charge is 2.23. The summed E-state index contributed by atoms with van der Waals surface area (Å²) >= 11 is 14.5. The zero-order valence-electron chi connectivity index (χ0n) is 4.98. The van der Waals surface area contributed by atoms with E-state index in [1.54, 1.807) is 0 Å². The van der Waals surface area contributed by atoms with Crippen LogP contribution in [0.15, 0.2) is 0 Å². The van der Waals surface area contributed by atoms with Crippen LogP contribution in [0.1, 0.15) is 6.42 Å². The van der Waals surface area contributed by atoms with Gasteiger partial charge in [-0.2, -0.15) is 0 Å². The molecule has 2 nitrogen and oxygen atoms in total. The van der Waals surface area contributed by atoms with Crippen LogP contribution in [0.3, 0.4) is 0 Å². The van der Waals surface area contributed by atoms with Gasteiger partial charge in [0.2, 0.25) is 0 Å². The molecule has 0 saturated heterocycles. The molecule has 1 atom stereocenters. The molecule has 0 spiro atoms. The van der Waals surface area contributed by atoms with Crippen LogP contribution < -0.4 is 0 Å². The standard InChI is InChI=1S/C3H7Cl3O2SSi/c4-10(5,6)3-1-2-9(7)8/h1-3H2,(H,7,8)/p-1. The minimum Gasteiger partial charge on any atom is -0.772 e. The summed E-state index contributed by atoms with van der Waals surface area (Å²) in [6.07, 6.45) is 0.443. The number of rotatable bonds is 4. The second kappa shape index (κ2) is 4.95. The van der Waals surface area contributed by atoms with Crippen molar-refractivity contribution in [2.75, 3.05) is 5.75 Å². The molecule has 0 bridgehead atoms. The lowest BCUT2D eigenvalue weighted by atomic mass is 10.6. The van der Waals surface area contributed by atoms with Crippen molar-refractivity contribution in [3.05, 3.63) is 0 Å². The number of hydrogen-bond acceptors (Lipinski definition) is 2. The molecule has 0 aromatic carbocycles. The lowest BCUT2D eigenvalue weighted by Gasteiger charge is -2.07. The van der Waals surface area contributed by atoms with Gasteiger partial charge in [-0.05, 0) is 12.5 Å². The predicted octanol–water partition coefficient (Wildman–Crippen LogP) is 1.91. The largest absolute Gasteiger partial charge is 0.772 e. The first-order chi connectivity index (χ1) is 4.42. The fourth-order valence-electron chi connectivity index (χ4n) is 0.390. The maximum atomic E-state index is 9.97. The quantitative estimate of drug-likeness (QED) is 0.428. The Morgan fingerprint density at radius 1 is 1.40 bits per heavy atom. The van der Waals surface area contributed by atoms with Gasteiger partial charge in [0.05, 0.1) is 0 Å². The molecule has 0 aliphatic carbocycles. The van der Waals surface area contributed by atoms with Gasteiger partial charge in [-0.1, -0.05) is 11.1 Å². The number of halogens is 3. The molecule has 62 valence electrons. The molecular formula is C3H6Cl3O2SSi-. The van der Waals surface area contributed by atoms with E-state index < -0.39 is 17.1 Å². The van der Waals surface area contributed by atoms with Crippen LogP contribution in [-0.2, 0) is 11.1 Å². The molecule has 0 aliphatic rings. The molecule has 0 heterocycles. The third-order valence-electron chi connectivity index (χ3n) is 0.771. The van der Waals surface area contributed by atoms with E-state index in [0.29, 0.717) is 12.5 Å². The minimum atomic E-state index is -2.58. The molecule has 10 heavy (non-hydrogen) atoms. The van der Waals surface area contributed by atoms with E-state index >= 15 is 0 Å². The third-order valence-corrected chi connectivity index (χ3v) is 4.01. The van der Waals surface area contributed by atoms with Gasteiger partial charge >= 0.3 is 6.00 Å². The summed E-state index contributed by atoms with van der Waals surface area (Å²) < 4.78 is 19.9. The topological polar surface area (TPSA) is 40.1 Å². The Hall–Kier alpha value is 1.20. The van der Waals surface area contributed by atoms with Gasteiger partial charge in [0.1, 0.15) is 0 Å². The first-order valence-electron chi connectivity index (χ1n) is 2.54. The van der Waals surface area contributed by atoms with Crippen LogP contribution >= 0.6 is 33.2 Å². The first kappa shape index (κ1) is 11.2. The van der Waals surface area contributed by atoms with Crippen LogP contribution in [0.4, 0.5) is 0 Å². The molecule has 0 aromatic rings. The molecule has 0 aromatic heterocycles. The van der Waals surface area contributed by atoms with Crippen molar-refractivity contribution in [1.82, 2.24) is 0 Å². The molecule has 0 N–H and O–H groups in total. The maximum Gasteiger partial charge on any atom is 0.341 e. The van der Waals surface area contributed by atoms with E-state index in [2.05, 4.69) is 0 Å². The molecule has 7 heteroatoms. The highest BCUT2D eigenvalue weighted by molar-refractivity contribution is 7.79. The summed E-state index contributed by atoms with van der Waals surface area (Å²) in [7, 11) is 0. The lowest BCUT2D eigenvalue weighted by Crippen LogP contribution is -2.10. The van der Waals surface area contributed by atoms with E-state index in [9.17, 15) is 8.76 Å². The van der Waals surface area contributed by atoms with Crippen molar-refractivity contribution < 1.29 is 8.76 Å². The van der Waals surface area contributed by atoms with Gasteiger partial charge < -0.3 is 4.55 Å². The Kier molecular flexibility index (Phi) is 5.55. The summed E-state index contributed by atoms with van der Waals surface area (Å²) in [6, 6.07) is -2.17. The van der Waals surface area contributed by atoms with Crippen molar-refractivity contribution in [3.63, 3.8) is 0 Å². The predicted molar refractivity (Wildman–Crippen MR) is 46.5 cm³/mol. The van der Waals surface area contributed by atoms with E-state index in [1.807, 2.05) is 0 Å².